The molecule has 5 nitrogen and oxygen atoms in total. The number of hydrogen-bond acceptors (Lipinski definition) is 3. The van der Waals surface area contributed by atoms with E-state index >= 15 is 0 Å². The number of carbonyl (C=O) groups is 3. The second-order valence-corrected chi connectivity index (χ2v) is 6.63. The molecule has 0 saturated heterocycles. The van der Waals surface area contributed by atoms with E-state index in [-0.39, 0.29) is 31.5 Å². The first-order valence-corrected chi connectivity index (χ1v) is 8.33. The van der Waals surface area contributed by atoms with Gasteiger partial charge in [-0.05, 0) is 37.3 Å². The molecule has 1 aliphatic rings. The second kappa shape index (κ2) is 6.38. The SMILES string of the molecule is CC[C@]1(C(=O)O)CCC(=O)[C@H](c2ccccc2C)[C@]1(CC)C(=O)O. The number of carboxylic acids is 2. The fourth-order valence-corrected chi connectivity index (χ4v) is 4.57. The van der Waals surface area contributed by atoms with Crippen LogP contribution in [-0.2, 0) is 14.4 Å². The molecule has 0 spiro atoms. The van der Waals surface area contributed by atoms with Gasteiger partial charge in [-0.15, -0.1) is 0 Å². The topological polar surface area (TPSA) is 91.7 Å². The predicted octanol–water partition coefficient (Wildman–Crippen LogP) is 3.40. The zero-order chi connectivity index (χ0) is 18.1. The highest BCUT2D eigenvalue weighted by Gasteiger charge is 2.67. The molecule has 0 heterocycles. The van der Waals surface area contributed by atoms with Gasteiger partial charge in [0.15, 0.2) is 0 Å². The van der Waals surface area contributed by atoms with Crippen LogP contribution in [0.4, 0.5) is 0 Å². The molecule has 0 unspecified atom stereocenters. The summed E-state index contributed by atoms with van der Waals surface area (Å²) in [6.45, 7) is 5.20. The smallest absolute Gasteiger partial charge is 0.311 e. The summed E-state index contributed by atoms with van der Waals surface area (Å²) in [6.07, 6.45) is 0.430. The van der Waals surface area contributed by atoms with E-state index in [2.05, 4.69) is 0 Å². The molecule has 1 aromatic rings. The van der Waals surface area contributed by atoms with Crippen LogP contribution in [0.5, 0.6) is 0 Å². The molecule has 2 rings (SSSR count). The Morgan fingerprint density at radius 3 is 2.21 bits per heavy atom. The van der Waals surface area contributed by atoms with Gasteiger partial charge in [0.1, 0.15) is 5.78 Å². The Kier molecular flexibility index (Phi) is 4.83. The Morgan fingerprint density at radius 2 is 1.75 bits per heavy atom. The predicted molar refractivity (Wildman–Crippen MR) is 88.9 cm³/mol. The van der Waals surface area contributed by atoms with Crippen molar-refractivity contribution in [2.45, 2.75) is 52.4 Å². The average molecular weight is 332 g/mol. The van der Waals surface area contributed by atoms with Crippen molar-refractivity contribution >= 4 is 17.7 Å². The van der Waals surface area contributed by atoms with E-state index in [1.807, 2.05) is 19.1 Å². The van der Waals surface area contributed by atoms with Crippen LogP contribution < -0.4 is 0 Å². The Bertz CT molecular complexity index is 680. The molecule has 0 bridgehead atoms. The van der Waals surface area contributed by atoms with E-state index in [1.165, 1.54) is 0 Å². The van der Waals surface area contributed by atoms with Crippen molar-refractivity contribution in [3.05, 3.63) is 35.4 Å². The monoisotopic (exact) mass is 332 g/mol. The van der Waals surface area contributed by atoms with Gasteiger partial charge in [0.25, 0.3) is 0 Å². The minimum atomic E-state index is -1.64. The Balaban J connectivity index is 2.83. The minimum absolute atomic E-state index is 0.0696. The van der Waals surface area contributed by atoms with Crippen molar-refractivity contribution in [2.24, 2.45) is 10.8 Å². The van der Waals surface area contributed by atoms with Crippen LogP contribution in [0.15, 0.2) is 24.3 Å². The van der Waals surface area contributed by atoms with Gasteiger partial charge in [-0.3, -0.25) is 14.4 Å². The highest BCUT2D eigenvalue weighted by molar-refractivity contribution is 5.99. The lowest BCUT2D eigenvalue weighted by molar-refractivity contribution is -0.185. The molecule has 24 heavy (non-hydrogen) atoms. The van der Waals surface area contributed by atoms with Crippen molar-refractivity contribution in [1.29, 1.82) is 0 Å². The maximum atomic E-state index is 12.8. The van der Waals surface area contributed by atoms with E-state index < -0.39 is 28.7 Å². The highest BCUT2D eigenvalue weighted by Crippen LogP contribution is 2.60. The summed E-state index contributed by atoms with van der Waals surface area (Å²) in [6, 6.07) is 7.17. The summed E-state index contributed by atoms with van der Waals surface area (Å²) in [5, 5.41) is 20.1. The second-order valence-electron chi connectivity index (χ2n) is 6.63. The van der Waals surface area contributed by atoms with Crippen LogP contribution in [0, 0.1) is 17.8 Å². The first-order chi connectivity index (χ1) is 11.3. The number of hydrogen-bond donors (Lipinski definition) is 2. The molecule has 2 N–H and O–H groups in total. The average Bonchev–Trinajstić information content (AvgIpc) is 2.54. The van der Waals surface area contributed by atoms with Crippen molar-refractivity contribution < 1.29 is 24.6 Å². The van der Waals surface area contributed by atoms with Gasteiger partial charge >= 0.3 is 11.9 Å². The molecule has 1 fully saturated rings. The third-order valence-electron chi connectivity index (χ3n) is 5.92. The Morgan fingerprint density at radius 1 is 1.12 bits per heavy atom. The number of carboxylic acid groups (broad SMARTS) is 2. The minimum Gasteiger partial charge on any atom is -0.481 e. The number of rotatable bonds is 5. The van der Waals surface area contributed by atoms with Crippen molar-refractivity contribution in [1.82, 2.24) is 0 Å². The largest absolute Gasteiger partial charge is 0.481 e. The van der Waals surface area contributed by atoms with Crippen LogP contribution >= 0.6 is 0 Å². The normalized spacial score (nSPS) is 30.1. The van der Waals surface area contributed by atoms with Crippen LogP contribution in [0.2, 0.25) is 0 Å². The molecular formula is C19H24O5. The van der Waals surface area contributed by atoms with Crippen molar-refractivity contribution in [3.63, 3.8) is 0 Å². The summed E-state index contributed by atoms with van der Waals surface area (Å²) in [4.78, 5) is 37.4. The molecule has 1 saturated carbocycles. The lowest BCUT2D eigenvalue weighted by Gasteiger charge is -2.51. The van der Waals surface area contributed by atoms with E-state index in [0.717, 1.165) is 5.56 Å². The quantitative estimate of drug-likeness (QED) is 0.862. The van der Waals surface area contributed by atoms with Gasteiger partial charge in [-0.25, -0.2) is 0 Å². The number of ketones is 1. The zero-order valence-corrected chi connectivity index (χ0v) is 14.3. The van der Waals surface area contributed by atoms with E-state index in [9.17, 15) is 24.6 Å². The van der Waals surface area contributed by atoms with Crippen LogP contribution in [0.1, 0.15) is 56.6 Å². The van der Waals surface area contributed by atoms with Gasteiger partial charge in [0, 0.05) is 6.42 Å². The number of aryl methyl sites for hydroxylation is 1. The van der Waals surface area contributed by atoms with Crippen LogP contribution in [0.25, 0.3) is 0 Å². The standard InChI is InChI=1S/C19H24O5/c1-4-18(16(21)22)11-10-14(20)15(19(18,5-2)17(23)24)13-9-7-6-8-12(13)3/h6-9,15H,4-5,10-11H2,1-3H3,(H,21,22)(H,23,24)/t15-,18+,19+/m0/s1. The third-order valence-corrected chi connectivity index (χ3v) is 5.92. The highest BCUT2D eigenvalue weighted by atomic mass is 16.4. The van der Waals surface area contributed by atoms with Crippen molar-refractivity contribution in [2.75, 3.05) is 0 Å². The van der Waals surface area contributed by atoms with Gasteiger partial charge in [-0.2, -0.15) is 0 Å². The third kappa shape index (κ3) is 2.26. The lowest BCUT2D eigenvalue weighted by Crippen LogP contribution is -2.59. The first kappa shape index (κ1) is 18.2. The molecule has 5 heteroatoms. The maximum Gasteiger partial charge on any atom is 0.311 e. The molecule has 0 amide bonds. The lowest BCUT2D eigenvalue weighted by atomic mass is 9.47. The molecule has 3 atom stereocenters. The summed E-state index contributed by atoms with van der Waals surface area (Å²) in [5.74, 6) is -3.44. The fourth-order valence-electron chi connectivity index (χ4n) is 4.57. The number of carbonyl (C=O) groups excluding carboxylic acids is 1. The summed E-state index contributed by atoms with van der Waals surface area (Å²) >= 11 is 0. The van der Waals surface area contributed by atoms with Crippen molar-refractivity contribution in [3.8, 4) is 0 Å². The molecule has 0 aromatic heterocycles. The summed E-state index contributed by atoms with van der Waals surface area (Å²) < 4.78 is 0. The number of aliphatic carboxylic acids is 2. The van der Waals surface area contributed by atoms with Gasteiger partial charge < -0.3 is 10.2 Å². The number of benzene rings is 1. The Labute approximate surface area is 141 Å². The van der Waals surface area contributed by atoms with E-state index in [1.54, 1.807) is 26.0 Å². The molecule has 1 aromatic carbocycles. The first-order valence-electron chi connectivity index (χ1n) is 8.33. The van der Waals surface area contributed by atoms with Crippen LogP contribution in [-0.4, -0.2) is 27.9 Å². The van der Waals surface area contributed by atoms with E-state index in [0.29, 0.717) is 5.56 Å². The summed E-state index contributed by atoms with van der Waals surface area (Å²) in [5.41, 5.74) is -1.65. The zero-order valence-electron chi connectivity index (χ0n) is 14.3. The Hall–Kier alpha value is -2.17. The molecule has 130 valence electrons. The summed E-state index contributed by atoms with van der Waals surface area (Å²) in [7, 11) is 0. The maximum absolute atomic E-state index is 12.8. The molecule has 1 aliphatic carbocycles. The van der Waals surface area contributed by atoms with Gasteiger partial charge in [0.2, 0.25) is 0 Å². The fraction of sp³-hybridized carbons (Fsp3) is 0.526. The molecule has 0 radical (unpaired) electrons. The van der Waals surface area contributed by atoms with Gasteiger partial charge in [-0.1, -0.05) is 38.1 Å². The molecule has 0 aliphatic heterocycles. The van der Waals surface area contributed by atoms with Gasteiger partial charge in [0.05, 0.1) is 16.7 Å². The van der Waals surface area contributed by atoms with E-state index in [4.69, 9.17) is 0 Å². The van der Waals surface area contributed by atoms with Crippen LogP contribution in [0.3, 0.4) is 0 Å². The molecular weight excluding hydrogens is 308 g/mol. The number of Topliss-reactive ketones (excluding diaryl/α,β-unsaturated/α-hetero) is 1.